The van der Waals surface area contributed by atoms with Crippen LogP contribution in [0.5, 0.6) is 0 Å². The highest BCUT2D eigenvalue weighted by atomic mass is 79.9. The van der Waals surface area contributed by atoms with Crippen molar-refractivity contribution in [3.8, 4) is 0 Å². The zero-order chi connectivity index (χ0) is 17.4. The summed E-state index contributed by atoms with van der Waals surface area (Å²) in [6.45, 7) is 7.67. The SMILES string of the molecule is COC(=O)CC(B1OC(C)(C)C(C)(C)O1)c1ccc(Br)cc1F. The lowest BCUT2D eigenvalue weighted by atomic mass is 9.66. The molecule has 1 heterocycles. The Kier molecular flexibility index (Phi) is 5.23. The van der Waals surface area contributed by atoms with Crippen LogP contribution in [0.1, 0.15) is 45.5 Å². The average molecular weight is 387 g/mol. The van der Waals surface area contributed by atoms with Crippen LogP contribution in [-0.2, 0) is 18.8 Å². The van der Waals surface area contributed by atoms with Crippen LogP contribution in [0.25, 0.3) is 0 Å². The summed E-state index contributed by atoms with van der Waals surface area (Å²) in [5.74, 6) is -1.44. The van der Waals surface area contributed by atoms with Gasteiger partial charge in [0.2, 0.25) is 0 Å². The smallest absolute Gasteiger partial charge is 0.466 e. The number of carbonyl (C=O) groups is 1. The number of hydrogen-bond acceptors (Lipinski definition) is 4. The minimum atomic E-state index is -0.727. The molecule has 1 aliphatic heterocycles. The van der Waals surface area contributed by atoms with Crippen molar-refractivity contribution in [1.82, 2.24) is 0 Å². The zero-order valence-electron chi connectivity index (χ0n) is 14.0. The fraction of sp³-hybridized carbons (Fsp3) is 0.562. The van der Waals surface area contributed by atoms with Gasteiger partial charge in [-0.3, -0.25) is 4.79 Å². The van der Waals surface area contributed by atoms with Gasteiger partial charge in [-0.15, -0.1) is 0 Å². The van der Waals surface area contributed by atoms with E-state index in [-0.39, 0.29) is 6.42 Å². The van der Waals surface area contributed by atoms with E-state index in [0.717, 1.165) is 0 Å². The van der Waals surface area contributed by atoms with E-state index in [1.54, 1.807) is 12.1 Å². The maximum Gasteiger partial charge on any atom is 0.466 e. The average Bonchev–Trinajstić information content (AvgIpc) is 2.65. The largest absolute Gasteiger partial charge is 0.469 e. The second-order valence-electron chi connectivity index (χ2n) is 6.68. The molecule has 0 aliphatic carbocycles. The lowest BCUT2D eigenvalue weighted by molar-refractivity contribution is -0.140. The number of halogens is 2. The Morgan fingerprint density at radius 2 is 1.87 bits per heavy atom. The van der Waals surface area contributed by atoms with E-state index in [1.165, 1.54) is 13.2 Å². The Hall–Kier alpha value is -0.915. The third kappa shape index (κ3) is 3.78. The van der Waals surface area contributed by atoms with Crippen molar-refractivity contribution in [2.24, 2.45) is 0 Å². The molecule has 1 atom stereocenters. The van der Waals surface area contributed by atoms with Crippen molar-refractivity contribution < 1.29 is 23.2 Å². The highest BCUT2D eigenvalue weighted by Gasteiger charge is 2.54. The van der Waals surface area contributed by atoms with Crippen LogP contribution in [0.2, 0.25) is 0 Å². The number of methoxy groups -OCH3 is 1. The molecule has 1 aromatic carbocycles. The molecule has 1 saturated heterocycles. The fourth-order valence-electron chi connectivity index (χ4n) is 2.47. The van der Waals surface area contributed by atoms with Gasteiger partial charge in [0.25, 0.3) is 0 Å². The molecular weight excluding hydrogens is 366 g/mol. The van der Waals surface area contributed by atoms with Gasteiger partial charge >= 0.3 is 13.1 Å². The zero-order valence-corrected chi connectivity index (χ0v) is 15.6. The first kappa shape index (κ1) is 18.4. The summed E-state index contributed by atoms with van der Waals surface area (Å²) in [5.41, 5.74) is -0.743. The summed E-state index contributed by atoms with van der Waals surface area (Å²) in [6, 6.07) is 4.73. The van der Waals surface area contributed by atoms with Crippen molar-refractivity contribution in [3.05, 3.63) is 34.1 Å². The first-order chi connectivity index (χ1) is 10.6. The molecular formula is C16H21BBrFO4. The Morgan fingerprint density at radius 1 is 1.30 bits per heavy atom. The van der Waals surface area contributed by atoms with Crippen molar-refractivity contribution in [1.29, 1.82) is 0 Å². The van der Waals surface area contributed by atoms with Gasteiger partial charge in [0.05, 0.1) is 24.7 Å². The van der Waals surface area contributed by atoms with Crippen LogP contribution in [0, 0.1) is 5.82 Å². The highest BCUT2D eigenvalue weighted by Crippen LogP contribution is 2.42. The Balaban J connectivity index is 2.38. The second-order valence-corrected chi connectivity index (χ2v) is 7.59. The van der Waals surface area contributed by atoms with Gasteiger partial charge in [-0.1, -0.05) is 22.0 Å². The van der Waals surface area contributed by atoms with Crippen molar-refractivity contribution >= 4 is 29.0 Å². The molecule has 0 spiro atoms. The molecule has 1 unspecified atom stereocenters. The number of carbonyl (C=O) groups excluding carboxylic acids is 1. The Morgan fingerprint density at radius 3 is 2.35 bits per heavy atom. The van der Waals surface area contributed by atoms with Gasteiger partial charge in [0.15, 0.2) is 0 Å². The van der Waals surface area contributed by atoms with Gasteiger partial charge in [0, 0.05) is 10.3 Å². The molecule has 1 aromatic rings. The maximum atomic E-state index is 14.4. The van der Waals surface area contributed by atoms with E-state index in [0.29, 0.717) is 10.0 Å². The van der Waals surface area contributed by atoms with Crippen molar-refractivity contribution in [3.63, 3.8) is 0 Å². The van der Waals surface area contributed by atoms with Gasteiger partial charge < -0.3 is 14.0 Å². The summed E-state index contributed by atoms with van der Waals surface area (Å²) in [6.07, 6.45) is -0.0219. The van der Waals surface area contributed by atoms with E-state index >= 15 is 0 Å². The number of rotatable bonds is 4. The van der Waals surface area contributed by atoms with E-state index < -0.39 is 35.9 Å². The third-order valence-corrected chi connectivity index (χ3v) is 5.07. The molecule has 0 aromatic heterocycles. The Labute approximate surface area is 145 Å². The van der Waals surface area contributed by atoms with E-state index in [2.05, 4.69) is 15.9 Å². The van der Waals surface area contributed by atoms with Crippen LogP contribution in [-0.4, -0.2) is 31.4 Å². The molecule has 4 nitrogen and oxygen atoms in total. The third-order valence-electron chi connectivity index (χ3n) is 4.58. The fourth-order valence-corrected chi connectivity index (χ4v) is 2.80. The molecule has 0 bridgehead atoms. The van der Waals surface area contributed by atoms with Crippen LogP contribution in [0.3, 0.4) is 0 Å². The summed E-state index contributed by atoms with van der Waals surface area (Å²) < 4.78 is 31.8. The second kappa shape index (κ2) is 6.53. The minimum Gasteiger partial charge on any atom is -0.469 e. The molecule has 0 amide bonds. The normalized spacial score (nSPS) is 20.4. The van der Waals surface area contributed by atoms with Crippen LogP contribution in [0.15, 0.2) is 22.7 Å². The topological polar surface area (TPSA) is 44.8 Å². The van der Waals surface area contributed by atoms with Crippen LogP contribution < -0.4 is 0 Å². The molecule has 7 heteroatoms. The molecule has 0 N–H and O–H groups in total. The van der Waals surface area contributed by atoms with E-state index in [1.807, 2.05) is 27.7 Å². The van der Waals surface area contributed by atoms with Gasteiger partial charge in [0.1, 0.15) is 5.82 Å². The van der Waals surface area contributed by atoms with Crippen molar-refractivity contribution in [2.75, 3.05) is 7.11 Å². The van der Waals surface area contributed by atoms with Crippen molar-refractivity contribution in [2.45, 2.75) is 51.1 Å². The van der Waals surface area contributed by atoms with Crippen LogP contribution >= 0.6 is 15.9 Å². The first-order valence-electron chi connectivity index (χ1n) is 7.45. The minimum absolute atomic E-state index is 0.0219. The van der Waals surface area contributed by atoms with Gasteiger partial charge in [-0.2, -0.15) is 0 Å². The van der Waals surface area contributed by atoms with Crippen LogP contribution in [0.4, 0.5) is 4.39 Å². The number of hydrogen-bond donors (Lipinski definition) is 0. The maximum absolute atomic E-state index is 14.4. The summed E-state index contributed by atoms with van der Waals surface area (Å²) in [4.78, 5) is 11.8. The van der Waals surface area contributed by atoms with Gasteiger partial charge in [-0.05, 0) is 45.4 Å². The number of esters is 1. The quantitative estimate of drug-likeness (QED) is 0.582. The molecule has 1 fully saturated rings. The lowest BCUT2D eigenvalue weighted by Crippen LogP contribution is -2.41. The predicted molar refractivity (Wildman–Crippen MR) is 89.6 cm³/mol. The first-order valence-corrected chi connectivity index (χ1v) is 8.24. The summed E-state index contributed by atoms with van der Waals surface area (Å²) >= 11 is 3.24. The predicted octanol–water partition coefficient (Wildman–Crippen LogP) is 3.87. The van der Waals surface area contributed by atoms with Gasteiger partial charge in [-0.25, -0.2) is 4.39 Å². The molecule has 2 rings (SSSR count). The lowest BCUT2D eigenvalue weighted by Gasteiger charge is -2.32. The number of benzene rings is 1. The van der Waals surface area contributed by atoms with E-state index in [9.17, 15) is 9.18 Å². The number of ether oxygens (including phenoxy) is 1. The Bertz CT molecular complexity index is 590. The molecule has 23 heavy (non-hydrogen) atoms. The monoisotopic (exact) mass is 386 g/mol. The molecule has 1 aliphatic rings. The highest BCUT2D eigenvalue weighted by molar-refractivity contribution is 9.10. The summed E-state index contributed by atoms with van der Waals surface area (Å²) in [7, 11) is 0.580. The standard InChI is InChI=1S/C16H21BBrFO4/c1-15(2)16(3,4)23-17(22-15)12(9-14(20)21-5)11-7-6-10(18)8-13(11)19/h6-8,12H,9H2,1-5H3. The van der Waals surface area contributed by atoms with E-state index in [4.69, 9.17) is 14.0 Å². The molecule has 0 saturated carbocycles. The molecule has 0 radical (unpaired) electrons. The molecule has 126 valence electrons. The summed E-state index contributed by atoms with van der Waals surface area (Å²) in [5, 5.41) is 0.